The van der Waals surface area contributed by atoms with E-state index in [1.807, 2.05) is 12.1 Å². The first kappa shape index (κ1) is 38.3. The Hall–Kier alpha value is -1.95. The topological polar surface area (TPSA) is 44.8 Å². The summed E-state index contributed by atoms with van der Waals surface area (Å²) in [6, 6.07) is 8.21. The van der Waals surface area contributed by atoms with Crippen LogP contribution in [0, 0.1) is 51.2 Å². The highest BCUT2D eigenvalue weighted by Gasteiger charge is 2.70. The number of ether oxygens (including phenoxy) is 1. The highest BCUT2D eigenvalue weighted by molar-refractivity contribution is 5.72. The summed E-state index contributed by atoms with van der Waals surface area (Å²) >= 11 is 0. The van der Waals surface area contributed by atoms with Crippen molar-refractivity contribution in [2.45, 2.75) is 131 Å². The van der Waals surface area contributed by atoms with Crippen molar-refractivity contribution in [1.29, 1.82) is 0 Å². The lowest BCUT2D eigenvalue weighted by molar-refractivity contribution is -0.219. The second kappa shape index (κ2) is 14.6. The molecule has 6 aliphatic rings. The van der Waals surface area contributed by atoms with E-state index in [-0.39, 0.29) is 11.0 Å². The molecule has 1 aromatic carbocycles. The SMILES string of the molecule is C=C(C)[C@@H]1CC[C@]2(NCCN3CCN(CCCCC)CC3)CC[C@]3(C)[C@H](CC[C@@H]4[C@@]5(C)CC=C(c6ccc(OC=O)cc6)C(C)(C)[C@@H]5CC[C@]43C)[C@@H]12. The Labute approximate surface area is 317 Å². The number of benzene rings is 1. The van der Waals surface area contributed by atoms with Crippen LogP contribution in [0.3, 0.4) is 0 Å². The number of nitrogens with zero attached hydrogens (tertiary/aromatic N) is 2. The summed E-state index contributed by atoms with van der Waals surface area (Å²) in [5.74, 6) is 4.14. The molecule has 0 amide bonds. The zero-order valence-corrected chi connectivity index (χ0v) is 34.2. The molecule has 9 atom stereocenters. The summed E-state index contributed by atoms with van der Waals surface area (Å²) in [6.07, 6.45) is 18.6. The number of fused-ring (bicyclic) bond motifs is 7. The van der Waals surface area contributed by atoms with Gasteiger partial charge in [-0.3, -0.25) is 9.69 Å². The molecule has 1 N–H and O–H groups in total. The van der Waals surface area contributed by atoms with Gasteiger partial charge in [-0.15, -0.1) is 0 Å². The van der Waals surface area contributed by atoms with E-state index in [1.165, 1.54) is 133 Å². The van der Waals surface area contributed by atoms with Crippen LogP contribution in [-0.4, -0.2) is 67.6 Å². The fourth-order valence-corrected chi connectivity index (χ4v) is 14.6. The Morgan fingerprint density at radius 3 is 2.25 bits per heavy atom. The monoisotopic (exact) mass is 712 g/mol. The van der Waals surface area contributed by atoms with Gasteiger partial charge in [-0.25, -0.2) is 0 Å². The van der Waals surface area contributed by atoms with E-state index in [9.17, 15) is 4.79 Å². The summed E-state index contributed by atoms with van der Waals surface area (Å²) in [5, 5.41) is 4.38. The molecule has 0 unspecified atom stereocenters. The molecule has 5 nitrogen and oxygen atoms in total. The molecule has 1 heterocycles. The maximum absolute atomic E-state index is 10.9. The van der Waals surface area contributed by atoms with Crippen molar-refractivity contribution in [2.75, 3.05) is 45.8 Å². The first-order valence-corrected chi connectivity index (χ1v) is 21.6. The average molecular weight is 712 g/mol. The van der Waals surface area contributed by atoms with Gasteiger partial charge in [-0.05, 0) is 152 Å². The Morgan fingerprint density at radius 2 is 1.58 bits per heavy atom. The Morgan fingerprint density at radius 1 is 0.865 bits per heavy atom. The molecule has 1 aromatic rings. The maximum Gasteiger partial charge on any atom is 0.298 e. The quantitative estimate of drug-likeness (QED) is 0.133. The third-order valence-corrected chi connectivity index (χ3v) is 17.4. The van der Waals surface area contributed by atoms with Crippen LogP contribution < -0.4 is 10.1 Å². The maximum atomic E-state index is 10.9. The van der Waals surface area contributed by atoms with Crippen LogP contribution in [0.1, 0.15) is 131 Å². The van der Waals surface area contributed by atoms with Gasteiger partial charge in [-0.1, -0.05) is 84.7 Å². The minimum absolute atomic E-state index is 0.0863. The second-order valence-corrected chi connectivity index (χ2v) is 19.9. The minimum Gasteiger partial charge on any atom is -0.429 e. The summed E-state index contributed by atoms with van der Waals surface area (Å²) in [4.78, 5) is 16.4. The number of carbonyl (C=O) groups is 1. The molecule has 0 bridgehead atoms. The van der Waals surface area contributed by atoms with Gasteiger partial charge in [-0.2, -0.15) is 0 Å². The van der Waals surface area contributed by atoms with Crippen LogP contribution >= 0.6 is 0 Å². The van der Waals surface area contributed by atoms with Gasteiger partial charge in [0.15, 0.2) is 0 Å². The molecule has 1 saturated heterocycles. The summed E-state index contributed by atoms with van der Waals surface area (Å²) in [5.41, 5.74) is 5.56. The molecule has 7 rings (SSSR count). The zero-order valence-electron chi connectivity index (χ0n) is 34.2. The Kier molecular flexibility index (Phi) is 10.8. The van der Waals surface area contributed by atoms with E-state index < -0.39 is 0 Å². The normalized spacial score (nSPS) is 40.1. The van der Waals surface area contributed by atoms with Crippen LogP contribution in [0.25, 0.3) is 5.57 Å². The van der Waals surface area contributed by atoms with Crippen molar-refractivity contribution in [1.82, 2.24) is 15.1 Å². The second-order valence-electron chi connectivity index (χ2n) is 19.9. The van der Waals surface area contributed by atoms with Crippen molar-refractivity contribution < 1.29 is 9.53 Å². The highest BCUT2D eigenvalue weighted by Crippen LogP contribution is 2.76. The van der Waals surface area contributed by atoms with Crippen molar-refractivity contribution in [3.8, 4) is 5.75 Å². The minimum atomic E-state index is 0.0863. The fourth-order valence-electron chi connectivity index (χ4n) is 14.6. The molecule has 0 radical (unpaired) electrons. The standard InChI is InChI=1S/C47H73N3O2/c1-9-10-11-27-49-29-31-50(32-30-49)28-26-48-47-23-18-37(34(2)3)42(47)39-16-17-41-44(6)21-19-38(35-12-14-36(15-13-35)52-33-51)43(4,5)40(44)20-22-46(41,8)45(39,7)24-25-47/h12-15,19,33,37,39-42,48H,2,9-11,16-18,20-32H2,1,3-8H3/t37-,39+,40-,41+,42+,44-,45+,46+,47-/m0/s1. The largest absolute Gasteiger partial charge is 0.429 e. The zero-order chi connectivity index (χ0) is 36.9. The lowest BCUT2D eigenvalue weighted by Gasteiger charge is -2.72. The Balaban J connectivity index is 1.08. The molecular weight excluding hydrogens is 639 g/mol. The number of unbranched alkanes of at least 4 members (excludes halogenated alkanes) is 2. The van der Waals surface area contributed by atoms with Gasteiger partial charge in [0, 0.05) is 44.8 Å². The number of rotatable bonds is 12. The van der Waals surface area contributed by atoms with Crippen molar-refractivity contribution >= 4 is 12.0 Å². The molecule has 288 valence electrons. The molecule has 5 fully saturated rings. The molecule has 0 spiro atoms. The van der Waals surface area contributed by atoms with Crippen LogP contribution in [-0.2, 0) is 4.79 Å². The van der Waals surface area contributed by atoms with E-state index in [4.69, 9.17) is 4.74 Å². The molecular formula is C47H73N3O2. The van der Waals surface area contributed by atoms with E-state index in [2.05, 4.69) is 88.4 Å². The van der Waals surface area contributed by atoms with Crippen LogP contribution in [0.2, 0.25) is 0 Å². The number of nitrogens with one attached hydrogen (secondary N) is 1. The third kappa shape index (κ3) is 6.29. The first-order chi connectivity index (χ1) is 24.8. The Bertz CT molecular complexity index is 1480. The van der Waals surface area contributed by atoms with E-state index in [0.29, 0.717) is 46.2 Å². The molecule has 1 aliphatic heterocycles. The first-order valence-electron chi connectivity index (χ1n) is 21.6. The molecule has 4 saturated carbocycles. The lowest BCUT2D eigenvalue weighted by atomic mass is 9.33. The van der Waals surface area contributed by atoms with Gasteiger partial charge in [0.1, 0.15) is 5.75 Å². The number of hydrogen-bond acceptors (Lipinski definition) is 5. The van der Waals surface area contributed by atoms with Crippen LogP contribution in [0.4, 0.5) is 0 Å². The number of allylic oxidation sites excluding steroid dienone is 3. The van der Waals surface area contributed by atoms with Gasteiger partial charge >= 0.3 is 0 Å². The fraction of sp³-hybridized carbons (Fsp3) is 0.766. The predicted octanol–water partition coefficient (Wildman–Crippen LogP) is 10.0. The number of carbonyl (C=O) groups excluding carboxylic acids is 1. The van der Waals surface area contributed by atoms with Crippen LogP contribution in [0.5, 0.6) is 5.75 Å². The van der Waals surface area contributed by atoms with Gasteiger partial charge in [0.25, 0.3) is 6.47 Å². The predicted molar refractivity (Wildman–Crippen MR) is 216 cm³/mol. The summed E-state index contributed by atoms with van der Waals surface area (Å²) < 4.78 is 5.13. The van der Waals surface area contributed by atoms with Crippen LogP contribution in [0.15, 0.2) is 42.5 Å². The number of hydrogen-bond donors (Lipinski definition) is 1. The third-order valence-electron chi connectivity index (χ3n) is 17.4. The van der Waals surface area contributed by atoms with Crippen molar-refractivity contribution in [3.63, 3.8) is 0 Å². The highest BCUT2D eigenvalue weighted by atomic mass is 16.5. The van der Waals surface area contributed by atoms with Gasteiger partial charge in [0.2, 0.25) is 0 Å². The van der Waals surface area contributed by atoms with Gasteiger partial charge < -0.3 is 15.0 Å². The van der Waals surface area contributed by atoms with Crippen molar-refractivity contribution in [3.05, 3.63) is 48.1 Å². The summed E-state index contributed by atoms with van der Waals surface area (Å²) in [7, 11) is 0. The number of piperazine rings is 1. The molecule has 5 heteroatoms. The van der Waals surface area contributed by atoms with E-state index in [1.54, 1.807) is 0 Å². The lowest BCUT2D eigenvalue weighted by Crippen LogP contribution is -2.68. The van der Waals surface area contributed by atoms with Crippen molar-refractivity contribution in [2.24, 2.45) is 51.2 Å². The molecule has 52 heavy (non-hydrogen) atoms. The molecule has 5 aliphatic carbocycles. The average Bonchev–Trinajstić information content (AvgIpc) is 3.50. The summed E-state index contributed by atoms with van der Waals surface area (Å²) in [6.45, 7) is 31.7. The smallest absolute Gasteiger partial charge is 0.298 e. The van der Waals surface area contributed by atoms with Gasteiger partial charge in [0.05, 0.1) is 0 Å². The van der Waals surface area contributed by atoms with E-state index in [0.717, 1.165) is 18.4 Å². The molecule has 0 aromatic heterocycles. The van der Waals surface area contributed by atoms with E-state index >= 15 is 0 Å².